The Labute approximate surface area is 83.1 Å². The molecular weight excluding hydrogens is 181 g/mol. The van der Waals surface area contributed by atoms with Crippen molar-refractivity contribution in [3.05, 3.63) is 35.1 Å². The molecule has 0 fully saturated rings. The molecule has 3 heteroatoms. The molecule has 0 spiro atoms. The molecule has 0 heterocycles. The number of nitrogens with one attached hydrogen (secondary N) is 1. The minimum Gasteiger partial charge on any atom is -0.310 e. The lowest BCUT2D eigenvalue weighted by Gasteiger charge is -2.05. The molecule has 0 aliphatic heterocycles. The molecule has 0 bridgehead atoms. The maximum atomic E-state index is 12.9. The minimum atomic E-state index is -0.365. The van der Waals surface area contributed by atoms with Crippen LogP contribution >= 0.6 is 0 Å². The molecule has 1 N–H and O–H groups in total. The number of halogens is 1. The van der Waals surface area contributed by atoms with Gasteiger partial charge in [0.05, 0.1) is 6.54 Å². The van der Waals surface area contributed by atoms with Crippen LogP contribution in [-0.4, -0.2) is 18.9 Å². The summed E-state index contributed by atoms with van der Waals surface area (Å²) in [5, 5.41) is 2.92. The van der Waals surface area contributed by atoms with Gasteiger partial charge in [0.15, 0.2) is 5.78 Å². The van der Waals surface area contributed by atoms with E-state index < -0.39 is 0 Å². The Bertz CT molecular complexity index is 336. The molecule has 0 saturated heterocycles. The van der Waals surface area contributed by atoms with Crippen LogP contribution in [0.25, 0.3) is 0 Å². The van der Waals surface area contributed by atoms with E-state index in [2.05, 4.69) is 5.32 Å². The second-order valence-electron chi connectivity index (χ2n) is 3.16. The van der Waals surface area contributed by atoms with Gasteiger partial charge >= 0.3 is 0 Å². The maximum Gasteiger partial charge on any atom is 0.176 e. The largest absolute Gasteiger partial charge is 0.310 e. The van der Waals surface area contributed by atoms with Crippen LogP contribution in [0.1, 0.15) is 22.8 Å². The van der Waals surface area contributed by atoms with Crippen LogP contribution in [0.3, 0.4) is 0 Å². The molecule has 0 saturated carbocycles. The van der Waals surface area contributed by atoms with E-state index >= 15 is 0 Å². The summed E-state index contributed by atoms with van der Waals surface area (Å²) in [4.78, 5) is 11.5. The van der Waals surface area contributed by atoms with Gasteiger partial charge in [-0.05, 0) is 31.2 Å². The molecule has 76 valence electrons. The standard InChI is InChI=1S/C11H14FNO/c1-3-13-7-11(14)10-6-9(12)5-4-8(10)2/h4-6,13H,3,7H2,1-2H3. The van der Waals surface area contributed by atoms with Crippen molar-refractivity contribution in [2.45, 2.75) is 13.8 Å². The zero-order valence-electron chi connectivity index (χ0n) is 8.43. The first-order valence-corrected chi connectivity index (χ1v) is 4.65. The first kappa shape index (κ1) is 10.9. The van der Waals surface area contributed by atoms with Gasteiger partial charge in [-0.3, -0.25) is 4.79 Å². The van der Waals surface area contributed by atoms with Gasteiger partial charge in [-0.2, -0.15) is 0 Å². The van der Waals surface area contributed by atoms with Gasteiger partial charge in [0.1, 0.15) is 5.82 Å². The Balaban J connectivity index is 2.83. The molecule has 0 aliphatic carbocycles. The number of carbonyl (C=O) groups is 1. The highest BCUT2D eigenvalue weighted by molar-refractivity contribution is 5.98. The van der Waals surface area contributed by atoms with Gasteiger partial charge < -0.3 is 5.32 Å². The SMILES string of the molecule is CCNCC(=O)c1cc(F)ccc1C. The van der Waals surface area contributed by atoms with Gasteiger partial charge in [0.2, 0.25) is 0 Å². The van der Waals surface area contributed by atoms with Gasteiger partial charge in [-0.15, -0.1) is 0 Å². The number of likely N-dealkylation sites (N-methyl/N-ethyl adjacent to an activating group) is 1. The van der Waals surface area contributed by atoms with E-state index in [0.717, 1.165) is 12.1 Å². The minimum absolute atomic E-state index is 0.0659. The lowest BCUT2D eigenvalue weighted by molar-refractivity contribution is 0.0990. The number of carbonyl (C=O) groups excluding carboxylic acids is 1. The molecule has 0 unspecified atom stereocenters. The quantitative estimate of drug-likeness (QED) is 0.744. The summed E-state index contributed by atoms with van der Waals surface area (Å²) in [7, 11) is 0. The highest BCUT2D eigenvalue weighted by Gasteiger charge is 2.08. The predicted octanol–water partition coefficient (Wildman–Crippen LogP) is 1.93. The first-order valence-electron chi connectivity index (χ1n) is 4.65. The fraction of sp³-hybridized carbons (Fsp3) is 0.364. The van der Waals surface area contributed by atoms with Gasteiger partial charge in [-0.25, -0.2) is 4.39 Å². The Morgan fingerprint density at radius 2 is 2.21 bits per heavy atom. The highest BCUT2D eigenvalue weighted by atomic mass is 19.1. The molecule has 0 atom stereocenters. The van der Waals surface area contributed by atoms with Crippen molar-refractivity contribution in [2.24, 2.45) is 0 Å². The highest BCUT2D eigenvalue weighted by Crippen LogP contribution is 2.10. The summed E-state index contributed by atoms with van der Waals surface area (Å²) >= 11 is 0. The molecule has 0 aromatic heterocycles. The number of aryl methyl sites for hydroxylation is 1. The van der Waals surface area contributed by atoms with Crippen LogP contribution in [-0.2, 0) is 0 Å². The topological polar surface area (TPSA) is 29.1 Å². The van der Waals surface area contributed by atoms with Crippen molar-refractivity contribution in [3.63, 3.8) is 0 Å². The molecule has 1 aromatic carbocycles. The normalized spacial score (nSPS) is 10.2. The lowest BCUT2D eigenvalue weighted by atomic mass is 10.0. The van der Waals surface area contributed by atoms with Gasteiger partial charge in [-0.1, -0.05) is 13.0 Å². The van der Waals surface area contributed by atoms with Crippen molar-refractivity contribution < 1.29 is 9.18 Å². The number of rotatable bonds is 4. The maximum absolute atomic E-state index is 12.9. The average molecular weight is 195 g/mol. The van der Waals surface area contributed by atoms with E-state index in [1.165, 1.54) is 12.1 Å². The molecule has 2 nitrogen and oxygen atoms in total. The van der Waals surface area contributed by atoms with Crippen LogP contribution in [0.5, 0.6) is 0 Å². The molecule has 0 amide bonds. The Morgan fingerprint density at radius 3 is 2.86 bits per heavy atom. The molecule has 0 aliphatic rings. The molecule has 14 heavy (non-hydrogen) atoms. The Hall–Kier alpha value is -1.22. The van der Waals surface area contributed by atoms with E-state index in [9.17, 15) is 9.18 Å². The van der Waals surface area contributed by atoms with Crippen molar-refractivity contribution in [3.8, 4) is 0 Å². The smallest absolute Gasteiger partial charge is 0.176 e. The van der Waals surface area contributed by atoms with Crippen LogP contribution in [0.2, 0.25) is 0 Å². The summed E-state index contributed by atoms with van der Waals surface area (Å²) < 4.78 is 12.9. The van der Waals surface area contributed by atoms with E-state index in [-0.39, 0.29) is 18.1 Å². The molecule has 1 rings (SSSR count). The van der Waals surface area contributed by atoms with Crippen molar-refractivity contribution >= 4 is 5.78 Å². The third-order valence-corrected chi connectivity index (χ3v) is 2.04. The molecule has 1 aromatic rings. The summed E-state index contributed by atoms with van der Waals surface area (Å²) in [5.74, 6) is -0.431. The van der Waals surface area contributed by atoms with E-state index in [1.54, 1.807) is 13.0 Å². The summed E-state index contributed by atoms with van der Waals surface area (Å²) in [6, 6.07) is 4.27. The fourth-order valence-electron chi connectivity index (χ4n) is 1.23. The van der Waals surface area contributed by atoms with Crippen LogP contribution in [0.15, 0.2) is 18.2 Å². The zero-order valence-corrected chi connectivity index (χ0v) is 8.43. The van der Waals surface area contributed by atoms with Crippen molar-refractivity contribution in [1.82, 2.24) is 5.32 Å². The number of Topliss-reactive ketones (excluding diaryl/α,β-unsaturated/α-hetero) is 1. The molecular formula is C11H14FNO. The van der Waals surface area contributed by atoms with E-state index in [0.29, 0.717) is 5.56 Å². The Kier molecular flexibility index (Phi) is 3.77. The number of benzene rings is 1. The second-order valence-corrected chi connectivity index (χ2v) is 3.16. The van der Waals surface area contributed by atoms with Crippen LogP contribution in [0, 0.1) is 12.7 Å². The van der Waals surface area contributed by atoms with Crippen molar-refractivity contribution in [1.29, 1.82) is 0 Å². The van der Waals surface area contributed by atoms with Crippen molar-refractivity contribution in [2.75, 3.05) is 13.1 Å². The number of hydrogen-bond donors (Lipinski definition) is 1. The summed E-state index contributed by atoms with van der Waals surface area (Å²) in [6.45, 7) is 4.73. The summed E-state index contributed by atoms with van der Waals surface area (Å²) in [5.41, 5.74) is 1.28. The van der Waals surface area contributed by atoms with Gasteiger partial charge in [0, 0.05) is 5.56 Å². The lowest BCUT2D eigenvalue weighted by Crippen LogP contribution is -2.23. The molecule has 0 radical (unpaired) electrons. The third-order valence-electron chi connectivity index (χ3n) is 2.04. The monoisotopic (exact) mass is 195 g/mol. The number of ketones is 1. The fourth-order valence-corrected chi connectivity index (χ4v) is 1.23. The summed E-state index contributed by atoms with van der Waals surface area (Å²) in [6.07, 6.45) is 0. The first-order chi connectivity index (χ1) is 6.65. The van der Waals surface area contributed by atoms with E-state index in [1.807, 2.05) is 6.92 Å². The zero-order chi connectivity index (χ0) is 10.6. The second kappa shape index (κ2) is 4.86. The predicted molar refractivity (Wildman–Crippen MR) is 54.0 cm³/mol. The van der Waals surface area contributed by atoms with Gasteiger partial charge in [0.25, 0.3) is 0 Å². The Morgan fingerprint density at radius 1 is 1.50 bits per heavy atom. The third kappa shape index (κ3) is 2.64. The number of hydrogen-bond acceptors (Lipinski definition) is 2. The van der Waals surface area contributed by atoms with E-state index in [4.69, 9.17) is 0 Å². The van der Waals surface area contributed by atoms with Crippen LogP contribution in [0.4, 0.5) is 4.39 Å². The van der Waals surface area contributed by atoms with Crippen LogP contribution < -0.4 is 5.32 Å². The average Bonchev–Trinajstić information content (AvgIpc) is 2.18.